The molecule has 1 spiro atoms. The number of halogens is 1. The number of aliphatic hydroxyl groups is 1. The van der Waals surface area contributed by atoms with Crippen LogP contribution in [0.25, 0.3) is 11.3 Å². The molecule has 0 bridgehead atoms. The third-order valence-electron chi connectivity index (χ3n) is 7.20. The van der Waals surface area contributed by atoms with E-state index in [2.05, 4.69) is 17.1 Å². The average molecular weight is 460 g/mol. The van der Waals surface area contributed by atoms with Gasteiger partial charge in [-0.1, -0.05) is 11.6 Å². The Bertz CT molecular complexity index is 1030. The van der Waals surface area contributed by atoms with E-state index in [1.807, 2.05) is 19.1 Å². The van der Waals surface area contributed by atoms with Gasteiger partial charge in [-0.15, -0.1) is 0 Å². The van der Waals surface area contributed by atoms with Gasteiger partial charge in [0.05, 0.1) is 41.4 Å². The van der Waals surface area contributed by atoms with Crippen molar-refractivity contribution in [3.8, 4) is 17.0 Å². The molecule has 0 saturated carbocycles. The summed E-state index contributed by atoms with van der Waals surface area (Å²) in [5, 5.41) is 14.0. The van der Waals surface area contributed by atoms with E-state index in [9.17, 15) is 5.11 Å². The van der Waals surface area contributed by atoms with Gasteiger partial charge in [0.25, 0.3) is 0 Å². The fourth-order valence-electron chi connectivity index (χ4n) is 5.16. The van der Waals surface area contributed by atoms with Gasteiger partial charge < -0.3 is 30.5 Å². The number of ether oxygens (including phenoxy) is 2. The maximum absolute atomic E-state index is 10.1. The summed E-state index contributed by atoms with van der Waals surface area (Å²) in [5.74, 6) is 1.47. The summed E-state index contributed by atoms with van der Waals surface area (Å²) >= 11 is 6.71. The molecule has 2 saturated heterocycles. The third kappa shape index (κ3) is 3.50. The first-order valence-electron chi connectivity index (χ1n) is 11.2. The van der Waals surface area contributed by atoms with Crippen molar-refractivity contribution in [3.05, 3.63) is 28.5 Å². The first kappa shape index (κ1) is 21.7. The summed E-state index contributed by atoms with van der Waals surface area (Å²) in [6.45, 7) is 7.44. The van der Waals surface area contributed by atoms with Crippen LogP contribution in [0.15, 0.2) is 12.1 Å². The quantitative estimate of drug-likeness (QED) is 0.643. The summed E-state index contributed by atoms with van der Waals surface area (Å²) in [4.78, 5) is 11.9. The van der Waals surface area contributed by atoms with Crippen molar-refractivity contribution in [2.45, 2.75) is 45.4 Å². The van der Waals surface area contributed by atoms with Crippen molar-refractivity contribution in [1.82, 2.24) is 9.97 Å². The molecule has 1 aromatic heterocycles. The standard InChI is InChI=1S/C23H30ClN5O3/c1-13-19(15-3-4-17-20(18(15)24)26-7-10-31-17)28-16(11-30)22(27-13)29-8-5-23(6-9-29)12-32-14(2)21(23)25/h3-4,14,21,26,30H,5-12,25H2,1-2H3/t14-,21+/m0/s1. The normalized spacial score (nSPS) is 24.2. The Labute approximate surface area is 193 Å². The average Bonchev–Trinajstić information content (AvgIpc) is 3.09. The number of nitrogens with two attached hydrogens (primary N) is 1. The number of fused-ring (bicyclic) bond motifs is 1. The number of aryl methyl sites for hydroxylation is 1. The number of hydrogen-bond donors (Lipinski definition) is 3. The fraction of sp³-hybridized carbons (Fsp3) is 0.565. The molecule has 9 heteroatoms. The number of piperidine rings is 1. The molecule has 5 rings (SSSR count). The lowest BCUT2D eigenvalue weighted by molar-refractivity contribution is 0.0973. The Kier molecular flexibility index (Phi) is 5.65. The van der Waals surface area contributed by atoms with E-state index in [1.54, 1.807) is 0 Å². The molecule has 172 valence electrons. The predicted octanol–water partition coefficient (Wildman–Crippen LogP) is 2.73. The molecule has 3 aliphatic rings. The largest absolute Gasteiger partial charge is 0.490 e. The number of benzene rings is 1. The van der Waals surface area contributed by atoms with E-state index in [4.69, 9.17) is 36.8 Å². The zero-order chi connectivity index (χ0) is 22.5. The van der Waals surface area contributed by atoms with Crippen molar-refractivity contribution < 1.29 is 14.6 Å². The number of aliphatic hydroxyl groups excluding tert-OH is 1. The van der Waals surface area contributed by atoms with Crippen LogP contribution in [0.3, 0.4) is 0 Å². The van der Waals surface area contributed by atoms with Gasteiger partial charge in [0.1, 0.15) is 18.1 Å². The van der Waals surface area contributed by atoms with E-state index < -0.39 is 0 Å². The predicted molar refractivity (Wildman–Crippen MR) is 124 cm³/mol. The zero-order valence-electron chi connectivity index (χ0n) is 18.5. The highest BCUT2D eigenvalue weighted by molar-refractivity contribution is 6.36. The Morgan fingerprint density at radius 2 is 2.09 bits per heavy atom. The van der Waals surface area contributed by atoms with Crippen molar-refractivity contribution in [1.29, 1.82) is 0 Å². The molecule has 2 atom stereocenters. The number of hydrogen-bond acceptors (Lipinski definition) is 8. The maximum atomic E-state index is 10.1. The second-order valence-electron chi connectivity index (χ2n) is 9.05. The van der Waals surface area contributed by atoms with Gasteiger partial charge in [0.2, 0.25) is 0 Å². The number of nitrogens with zero attached hydrogens (tertiary/aromatic N) is 3. The Hall–Kier alpha value is -2.13. The van der Waals surface area contributed by atoms with Gasteiger partial charge in [-0.05, 0) is 38.8 Å². The summed E-state index contributed by atoms with van der Waals surface area (Å²) in [6.07, 6.45) is 1.97. The minimum absolute atomic E-state index is 0.0312. The van der Waals surface area contributed by atoms with Crippen LogP contribution in [-0.2, 0) is 11.3 Å². The lowest BCUT2D eigenvalue weighted by Gasteiger charge is -2.42. The molecule has 4 heterocycles. The first-order valence-corrected chi connectivity index (χ1v) is 11.6. The SMILES string of the molecule is Cc1nc(N2CCC3(CC2)CO[C@@H](C)[C@H]3N)c(CO)nc1-c1ccc2c(c1Cl)NCCO2. The topological polar surface area (TPSA) is 106 Å². The first-order chi connectivity index (χ1) is 15.4. The molecular formula is C23H30ClN5O3. The molecule has 0 unspecified atom stereocenters. The highest BCUT2D eigenvalue weighted by Gasteiger charge is 2.47. The summed E-state index contributed by atoms with van der Waals surface area (Å²) in [5.41, 5.74) is 10.0. The second-order valence-corrected chi connectivity index (χ2v) is 9.43. The van der Waals surface area contributed by atoms with Crippen LogP contribution in [0.4, 0.5) is 11.5 Å². The maximum Gasteiger partial charge on any atom is 0.153 e. The van der Waals surface area contributed by atoms with E-state index in [0.29, 0.717) is 36.2 Å². The van der Waals surface area contributed by atoms with Crippen LogP contribution in [-0.4, -0.2) is 60.1 Å². The molecule has 2 aromatic rings. The molecule has 3 aliphatic heterocycles. The summed E-state index contributed by atoms with van der Waals surface area (Å²) in [6, 6.07) is 3.86. The highest BCUT2D eigenvalue weighted by Crippen LogP contribution is 2.44. The van der Waals surface area contributed by atoms with Crippen LogP contribution >= 0.6 is 11.6 Å². The summed E-state index contributed by atoms with van der Waals surface area (Å²) < 4.78 is 11.5. The van der Waals surface area contributed by atoms with Crippen molar-refractivity contribution in [2.24, 2.45) is 11.1 Å². The molecule has 32 heavy (non-hydrogen) atoms. The van der Waals surface area contributed by atoms with E-state index >= 15 is 0 Å². The van der Waals surface area contributed by atoms with E-state index in [0.717, 1.165) is 54.4 Å². The van der Waals surface area contributed by atoms with Crippen LogP contribution in [0.1, 0.15) is 31.2 Å². The smallest absolute Gasteiger partial charge is 0.153 e. The molecule has 0 radical (unpaired) electrons. The van der Waals surface area contributed by atoms with E-state index in [1.165, 1.54) is 0 Å². The molecule has 8 nitrogen and oxygen atoms in total. The fourth-order valence-corrected chi connectivity index (χ4v) is 5.47. The number of aromatic nitrogens is 2. The van der Waals surface area contributed by atoms with Crippen LogP contribution in [0, 0.1) is 12.3 Å². The molecule has 2 fully saturated rings. The van der Waals surface area contributed by atoms with Gasteiger partial charge in [-0.2, -0.15) is 0 Å². The van der Waals surface area contributed by atoms with Crippen LogP contribution in [0.5, 0.6) is 5.75 Å². The lowest BCUT2D eigenvalue weighted by Crippen LogP contribution is -2.51. The van der Waals surface area contributed by atoms with Crippen molar-refractivity contribution >= 4 is 23.1 Å². The number of rotatable bonds is 3. The van der Waals surface area contributed by atoms with Gasteiger partial charge in [-0.25, -0.2) is 9.97 Å². The van der Waals surface area contributed by atoms with E-state index in [-0.39, 0.29) is 24.2 Å². The van der Waals surface area contributed by atoms with Gasteiger partial charge in [0.15, 0.2) is 5.82 Å². The zero-order valence-corrected chi connectivity index (χ0v) is 19.3. The monoisotopic (exact) mass is 459 g/mol. The van der Waals surface area contributed by atoms with Gasteiger partial charge in [0, 0.05) is 36.7 Å². The minimum atomic E-state index is -0.194. The van der Waals surface area contributed by atoms with Crippen LogP contribution < -0.4 is 20.7 Å². The van der Waals surface area contributed by atoms with Crippen molar-refractivity contribution in [3.63, 3.8) is 0 Å². The van der Waals surface area contributed by atoms with Gasteiger partial charge >= 0.3 is 0 Å². The minimum Gasteiger partial charge on any atom is -0.490 e. The lowest BCUT2D eigenvalue weighted by atomic mass is 9.73. The Morgan fingerprint density at radius 3 is 2.78 bits per heavy atom. The molecule has 4 N–H and O–H groups in total. The number of nitrogens with one attached hydrogen (secondary N) is 1. The second kappa shape index (κ2) is 8.33. The number of anilines is 2. The molecule has 0 aliphatic carbocycles. The van der Waals surface area contributed by atoms with Gasteiger partial charge in [-0.3, -0.25) is 0 Å². The van der Waals surface area contributed by atoms with Crippen molar-refractivity contribution in [2.75, 3.05) is 43.1 Å². The highest BCUT2D eigenvalue weighted by atomic mass is 35.5. The Balaban J connectivity index is 1.44. The third-order valence-corrected chi connectivity index (χ3v) is 7.59. The molecule has 0 amide bonds. The Morgan fingerprint density at radius 1 is 1.31 bits per heavy atom. The molecule has 1 aromatic carbocycles. The summed E-state index contributed by atoms with van der Waals surface area (Å²) in [7, 11) is 0. The van der Waals surface area contributed by atoms with Crippen LogP contribution in [0.2, 0.25) is 5.02 Å². The molecular weight excluding hydrogens is 430 g/mol.